The first kappa shape index (κ1) is 15.9. The molecule has 0 aliphatic carbocycles. The summed E-state index contributed by atoms with van der Waals surface area (Å²) in [7, 11) is 0. The van der Waals surface area contributed by atoms with Gasteiger partial charge in [-0.05, 0) is 28.5 Å². The van der Waals surface area contributed by atoms with E-state index in [2.05, 4.69) is 40.3 Å². The van der Waals surface area contributed by atoms with Crippen molar-refractivity contribution in [1.29, 1.82) is 0 Å². The largest absolute Gasteiger partial charge is 0.368 e. The van der Waals surface area contributed by atoms with Gasteiger partial charge in [-0.3, -0.25) is 4.98 Å². The Kier molecular flexibility index (Phi) is 4.37. The van der Waals surface area contributed by atoms with Crippen LogP contribution < -0.4 is 5.32 Å². The van der Waals surface area contributed by atoms with E-state index >= 15 is 0 Å². The van der Waals surface area contributed by atoms with Gasteiger partial charge in [0.15, 0.2) is 5.82 Å². The molecule has 0 aliphatic rings. The highest BCUT2D eigenvalue weighted by molar-refractivity contribution is 5.48. The Labute approximate surface area is 138 Å². The molecule has 0 saturated carbocycles. The molecule has 1 unspecified atom stereocenters. The molecule has 0 aromatic carbocycles. The zero-order chi connectivity index (χ0) is 17.1. The van der Waals surface area contributed by atoms with Gasteiger partial charge in [-0.2, -0.15) is 0 Å². The average molecular weight is 326 g/mol. The third-order valence-corrected chi connectivity index (χ3v) is 3.95. The number of rotatable bonds is 6. The third-order valence-electron chi connectivity index (χ3n) is 3.95. The molecule has 3 aromatic rings. The maximum absolute atomic E-state index is 11.0. The number of aromatic nitrogens is 4. The number of nitrogens with zero attached hydrogens (tertiary/aromatic N) is 5. The van der Waals surface area contributed by atoms with Gasteiger partial charge < -0.3 is 15.4 Å². The van der Waals surface area contributed by atoms with Crippen molar-refractivity contribution < 1.29 is 4.92 Å². The van der Waals surface area contributed by atoms with E-state index in [0.717, 1.165) is 5.56 Å². The Hall–Kier alpha value is -3.03. The van der Waals surface area contributed by atoms with Crippen molar-refractivity contribution in [2.24, 2.45) is 5.92 Å². The quantitative estimate of drug-likeness (QED) is 0.552. The zero-order valence-corrected chi connectivity index (χ0v) is 13.5. The molecule has 0 bridgehead atoms. The van der Waals surface area contributed by atoms with E-state index in [9.17, 15) is 10.1 Å². The molecule has 124 valence electrons. The number of fused-ring (bicyclic) bond motifs is 1. The Balaban J connectivity index is 1.81. The van der Waals surface area contributed by atoms with E-state index in [0.29, 0.717) is 23.9 Å². The molecule has 8 heteroatoms. The van der Waals surface area contributed by atoms with E-state index in [1.807, 2.05) is 12.3 Å². The second-order valence-electron chi connectivity index (χ2n) is 5.88. The topological polar surface area (TPSA) is 98.2 Å². The van der Waals surface area contributed by atoms with Gasteiger partial charge in [-0.1, -0.05) is 29.5 Å². The van der Waals surface area contributed by atoms with E-state index in [1.54, 1.807) is 18.3 Å². The van der Waals surface area contributed by atoms with Gasteiger partial charge in [-0.25, -0.2) is 4.98 Å². The number of hydrogen-bond donors (Lipinski definition) is 1. The predicted octanol–water partition coefficient (Wildman–Crippen LogP) is 2.88. The second-order valence-corrected chi connectivity index (χ2v) is 5.88. The Bertz CT molecular complexity index is 846. The van der Waals surface area contributed by atoms with E-state index in [4.69, 9.17) is 0 Å². The fourth-order valence-electron chi connectivity index (χ4n) is 2.63. The van der Waals surface area contributed by atoms with Gasteiger partial charge in [0.25, 0.3) is 0 Å². The molecule has 3 rings (SSSR count). The van der Waals surface area contributed by atoms with Gasteiger partial charge in [0.2, 0.25) is 5.65 Å². The van der Waals surface area contributed by atoms with Crippen LogP contribution >= 0.6 is 0 Å². The highest BCUT2D eigenvalue weighted by atomic mass is 16.6. The van der Waals surface area contributed by atoms with Crippen molar-refractivity contribution >= 4 is 17.3 Å². The Morgan fingerprint density at radius 3 is 2.79 bits per heavy atom. The van der Waals surface area contributed by atoms with Gasteiger partial charge in [0.1, 0.15) is 6.20 Å². The molecule has 24 heavy (non-hydrogen) atoms. The molecular weight excluding hydrogens is 308 g/mol. The summed E-state index contributed by atoms with van der Waals surface area (Å²) in [5.74, 6) is 1.08. The van der Waals surface area contributed by atoms with Crippen LogP contribution in [0.5, 0.6) is 0 Å². The lowest BCUT2D eigenvalue weighted by atomic mass is 9.89. The standard InChI is InChI=1S/C16H18N6O2/c1-11(2)13(12-4-3-7-17-8-12)9-18-14-5-6-15-19-10-16(22(23)24)21(15)20-14/h3-8,10-11,13H,9H2,1-2H3,(H,18,20). The summed E-state index contributed by atoms with van der Waals surface area (Å²) in [6, 6.07) is 7.45. The summed E-state index contributed by atoms with van der Waals surface area (Å²) in [6.07, 6.45) is 4.82. The van der Waals surface area contributed by atoms with Crippen molar-refractivity contribution in [3.8, 4) is 0 Å². The van der Waals surface area contributed by atoms with Gasteiger partial charge in [0.05, 0.1) is 0 Å². The molecule has 0 amide bonds. The number of hydrogen-bond acceptors (Lipinski definition) is 6. The highest BCUT2D eigenvalue weighted by Crippen LogP contribution is 2.24. The van der Waals surface area contributed by atoms with Crippen molar-refractivity contribution in [2.45, 2.75) is 19.8 Å². The molecule has 0 spiro atoms. The van der Waals surface area contributed by atoms with Crippen LogP contribution in [0.4, 0.5) is 11.6 Å². The van der Waals surface area contributed by atoms with Crippen LogP contribution in [-0.2, 0) is 0 Å². The van der Waals surface area contributed by atoms with Crippen molar-refractivity contribution in [2.75, 3.05) is 11.9 Å². The monoisotopic (exact) mass is 326 g/mol. The molecule has 0 saturated heterocycles. The van der Waals surface area contributed by atoms with Crippen LogP contribution in [0, 0.1) is 16.0 Å². The zero-order valence-electron chi connectivity index (χ0n) is 13.5. The van der Waals surface area contributed by atoms with Gasteiger partial charge >= 0.3 is 5.82 Å². The summed E-state index contributed by atoms with van der Waals surface area (Å²) >= 11 is 0. The SMILES string of the molecule is CC(C)C(CNc1ccc2ncc([N+](=O)[O-])n2n1)c1cccnc1. The normalized spacial score (nSPS) is 12.5. The van der Waals surface area contributed by atoms with Crippen LogP contribution in [0.1, 0.15) is 25.3 Å². The van der Waals surface area contributed by atoms with E-state index in [-0.39, 0.29) is 11.7 Å². The second kappa shape index (κ2) is 6.61. The van der Waals surface area contributed by atoms with E-state index < -0.39 is 4.92 Å². The summed E-state index contributed by atoms with van der Waals surface area (Å²) in [6.45, 7) is 4.96. The van der Waals surface area contributed by atoms with Gasteiger partial charge in [0, 0.05) is 30.9 Å². The predicted molar refractivity (Wildman–Crippen MR) is 89.9 cm³/mol. The van der Waals surface area contributed by atoms with Crippen LogP contribution in [-0.4, -0.2) is 31.1 Å². The minimum absolute atomic E-state index is 0.152. The van der Waals surface area contributed by atoms with Gasteiger partial charge in [-0.15, -0.1) is 0 Å². The molecule has 3 heterocycles. The fraction of sp³-hybridized carbons (Fsp3) is 0.312. The Morgan fingerprint density at radius 1 is 1.29 bits per heavy atom. The maximum atomic E-state index is 11.0. The van der Waals surface area contributed by atoms with Crippen LogP contribution in [0.15, 0.2) is 42.9 Å². The average Bonchev–Trinajstić information content (AvgIpc) is 2.99. The van der Waals surface area contributed by atoms with Crippen LogP contribution in [0.2, 0.25) is 0 Å². The minimum atomic E-state index is -0.497. The highest BCUT2D eigenvalue weighted by Gasteiger charge is 2.18. The molecule has 1 N–H and O–H groups in total. The van der Waals surface area contributed by atoms with E-state index in [1.165, 1.54) is 10.7 Å². The molecular formula is C16H18N6O2. The van der Waals surface area contributed by atoms with Crippen molar-refractivity contribution in [3.63, 3.8) is 0 Å². The smallest absolute Gasteiger partial charge is 0.366 e. The number of imidazole rings is 1. The molecule has 8 nitrogen and oxygen atoms in total. The molecule has 0 fully saturated rings. The maximum Gasteiger partial charge on any atom is 0.368 e. The fourth-order valence-corrected chi connectivity index (χ4v) is 2.63. The first-order valence-corrected chi connectivity index (χ1v) is 7.69. The first-order valence-electron chi connectivity index (χ1n) is 7.69. The van der Waals surface area contributed by atoms with Crippen LogP contribution in [0.25, 0.3) is 5.65 Å². The number of nitrogens with one attached hydrogen (secondary N) is 1. The summed E-state index contributed by atoms with van der Waals surface area (Å²) in [5, 5.41) is 18.5. The minimum Gasteiger partial charge on any atom is -0.366 e. The summed E-state index contributed by atoms with van der Waals surface area (Å²) < 4.78 is 1.23. The number of anilines is 1. The number of nitro groups is 1. The molecule has 1 atom stereocenters. The van der Waals surface area contributed by atoms with Crippen LogP contribution in [0.3, 0.4) is 0 Å². The van der Waals surface area contributed by atoms with Crippen molar-refractivity contribution in [1.82, 2.24) is 19.6 Å². The summed E-state index contributed by atoms with van der Waals surface area (Å²) in [4.78, 5) is 18.7. The third kappa shape index (κ3) is 3.17. The molecule has 0 aliphatic heterocycles. The molecule has 0 radical (unpaired) electrons. The number of pyridine rings is 1. The van der Waals surface area contributed by atoms with Crippen molar-refractivity contribution in [3.05, 3.63) is 58.5 Å². The first-order chi connectivity index (χ1) is 11.6. The lowest BCUT2D eigenvalue weighted by Crippen LogP contribution is -2.19. The summed E-state index contributed by atoms with van der Waals surface area (Å²) in [5.41, 5.74) is 1.59. The Morgan fingerprint density at radius 2 is 2.12 bits per heavy atom. The molecule has 3 aromatic heterocycles. The lowest BCUT2D eigenvalue weighted by molar-refractivity contribution is -0.391. The lowest BCUT2D eigenvalue weighted by Gasteiger charge is -2.21.